The molecule has 7 heteroatoms. The normalized spacial score (nSPS) is 11.9. The Morgan fingerprint density at radius 2 is 2.24 bits per heavy atom. The number of carbonyl (C=O) groups is 2. The fourth-order valence-corrected chi connectivity index (χ4v) is 1.43. The molecule has 92 valence electrons. The monoisotopic (exact) mass is 257 g/mol. The Morgan fingerprint density at radius 3 is 2.82 bits per heavy atom. The zero-order chi connectivity index (χ0) is 12.8. The van der Waals surface area contributed by atoms with Gasteiger partial charge in [0.25, 0.3) is 0 Å². The van der Waals surface area contributed by atoms with Gasteiger partial charge in [0, 0.05) is 19.0 Å². The molecule has 0 aromatic carbocycles. The highest BCUT2D eigenvalue weighted by molar-refractivity contribution is 6.28. The first-order valence-electron chi connectivity index (χ1n) is 4.97. The Morgan fingerprint density at radius 1 is 1.53 bits per heavy atom. The number of hydrogen-bond donors (Lipinski definition) is 2. The molecule has 1 aromatic heterocycles. The Labute approximate surface area is 103 Å². The van der Waals surface area contributed by atoms with Crippen LogP contribution < -0.4 is 5.32 Å². The molecule has 17 heavy (non-hydrogen) atoms. The van der Waals surface area contributed by atoms with Gasteiger partial charge in [0.15, 0.2) is 0 Å². The number of halogens is 1. The molecule has 2 N–H and O–H groups in total. The maximum absolute atomic E-state index is 11.5. The van der Waals surface area contributed by atoms with Crippen molar-refractivity contribution < 1.29 is 14.7 Å². The fourth-order valence-electron chi connectivity index (χ4n) is 1.29. The molecular weight excluding hydrogens is 246 g/mol. The molecule has 1 unspecified atom stereocenters. The Kier molecular flexibility index (Phi) is 4.84. The zero-order valence-electron chi connectivity index (χ0n) is 9.18. The summed E-state index contributed by atoms with van der Waals surface area (Å²) in [7, 11) is 0. The number of nitrogens with one attached hydrogen (secondary N) is 1. The third kappa shape index (κ3) is 5.26. The predicted molar refractivity (Wildman–Crippen MR) is 61.7 cm³/mol. The molecule has 0 saturated carbocycles. The van der Waals surface area contributed by atoms with E-state index in [9.17, 15) is 9.59 Å². The van der Waals surface area contributed by atoms with Gasteiger partial charge in [-0.25, -0.2) is 9.97 Å². The lowest BCUT2D eigenvalue weighted by Gasteiger charge is -2.08. The zero-order valence-corrected chi connectivity index (χ0v) is 9.94. The van der Waals surface area contributed by atoms with E-state index >= 15 is 0 Å². The Hall–Kier alpha value is -1.69. The summed E-state index contributed by atoms with van der Waals surface area (Å²) in [5.41, 5.74) is 0. The highest BCUT2D eigenvalue weighted by atomic mass is 35.5. The lowest BCUT2D eigenvalue weighted by atomic mass is 10.0. The number of aliphatic carboxylic acids is 1. The van der Waals surface area contributed by atoms with Crippen molar-refractivity contribution in [2.24, 2.45) is 5.92 Å². The molecule has 0 aliphatic carbocycles. The van der Waals surface area contributed by atoms with E-state index < -0.39 is 5.97 Å². The van der Waals surface area contributed by atoms with Gasteiger partial charge in [-0.2, -0.15) is 0 Å². The van der Waals surface area contributed by atoms with E-state index in [1.54, 1.807) is 6.92 Å². The largest absolute Gasteiger partial charge is 0.481 e. The number of rotatable bonds is 5. The fraction of sp³-hybridized carbons (Fsp3) is 0.400. The molecular formula is C10H12ClN3O3. The van der Waals surface area contributed by atoms with E-state index in [1.807, 2.05) is 0 Å². The van der Waals surface area contributed by atoms with Crippen molar-refractivity contribution in [2.45, 2.75) is 19.8 Å². The molecule has 1 aromatic rings. The first-order chi connectivity index (χ1) is 7.97. The summed E-state index contributed by atoms with van der Waals surface area (Å²) in [5, 5.41) is 11.1. The van der Waals surface area contributed by atoms with Gasteiger partial charge in [-0.1, -0.05) is 6.92 Å². The SMILES string of the molecule is CC(CC(=O)O)CC(=O)Nc1ccnc(Cl)n1. The molecule has 0 saturated heterocycles. The maximum atomic E-state index is 11.5. The summed E-state index contributed by atoms with van der Waals surface area (Å²) in [6.07, 6.45) is 1.50. The molecule has 1 atom stereocenters. The first-order valence-corrected chi connectivity index (χ1v) is 5.35. The second kappa shape index (κ2) is 6.15. The van der Waals surface area contributed by atoms with Crippen molar-refractivity contribution in [1.82, 2.24) is 9.97 Å². The second-order valence-electron chi connectivity index (χ2n) is 3.67. The molecule has 0 aliphatic rings. The van der Waals surface area contributed by atoms with E-state index in [0.29, 0.717) is 5.82 Å². The van der Waals surface area contributed by atoms with Crippen LogP contribution in [0.1, 0.15) is 19.8 Å². The lowest BCUT2D eigenvalue weighted by molar-refractivity contribution is -0.138. The quantitative estimate of drug-likeness (QED) is 0.781. The number of nitrogens with zero attached hydrogens (tertiary/aromatic N) is 2. The van der Waals surface area contributed by atoms with E-state index in [4.69, 9.17) is 16.7 Å². The second-order valence-corrected chi connectivity index (χ2v) is 4.00. The predicted octanol–water partition coefficient (Wildman–Crippen LogP) is 1.57. The summed E-state index contributed by atoms with van der Waals surface area (Å²) < 4.78 is 0. The third-order valence-corrected chi connectivity index (χ3v) is 2.13. The summed E-state index contributed by atoms with van der Waals surface area (Å²) in [6.45, 7) is 1.70. The average molecular weight is 258 g/mol. The van der Waals surface area contributed by atoms with Gasteiger partial charge in [0.2, 0.25) is 11.2 Å². The number of aromatic nitrogens is 2. The van der Waals surface area contributed by atoms with Crippen molar-refractivity contribution in [3.63, 3.8) is 0 Å². The van der Waals surface area contributed by atoms with Crippen molar-refractivity contribution in [3.05, 3.63) is 17.5 Å². The number of carboxylic acid groups (broad SMARTS) is 1. The highest BCUT2D eigenvalue weighted by Gasteiger charge is 2.13. The molecule has 0 spiro atoms. The number of hydrogen-bond acceptors (Lipinski definition) is 4. The summed E-state index contributed by atoms with van der Waals surface area (Å²) in [4.78, 5) is 29.4. The van der Waals surface area contributed by atoms with Crippen LogP contribution in [0.2, 0.25) is 5.28 Å². The average Bonchev–Trinajstić information content (AvgIpc) is 2.14. The van der Waals surface area contributed by atoms with Crippen molar-refractivity contribution in [2.75, 3.05) is 5.32 Å². The summed E-state index contributed by atoms with van der Waals surface area (Å²) >= 11 is 5.55. The van der Waals surface area contributed by atoms with Crippen molar-refractivity contribution >= 4 is 29.3 Å². The first kappa shape index (κ1) is 13.4. The van der Waals surface area contributed by atoms with Gasteiger partial charge in [-0.3, -0.25) is 9.59 Å². The maximum Gasteiger partial charge on any atom is 0.303 e. The van der Waals surface area contributed by atoms with Gasteiger partial charge >= 0.3 is 5.97 Å². The topological polar surface area (TPSA) is 92.2 Å². The van der Waals surface area contributed by atoms with Crippen LogP contribution in [0.4, 0.5) is 5.82 Å². The summed E-state index contributed by atoms with van der Waals surface area (Å²) in [5.74, 6) is -1.15. The number of anilines is 1. The molecule has 1 rings (SSSR count). The van der Waals surface area contributed by atoms with Crippen LogP contribution in [0.25, 0.3) is 0 Å². The van der Waals surface area contributed by atoms with E-state index in [1.165, 1.54) is 12.3 Å². The number of carbonyl (C=O) groups excluding carboxylic acids is 1. The molecule has 0 radical (unpaired) electrons. The molecule has 6 nitrogen and oxygen atoms in total. The molecule has 0 bridgehead atoms. The van der Waals surface area contributed by atoms with Crippen molar-refractivity contribution in [3.8, 4) is 0 Å². The van der Waals surface area contributed by atoms with Gasteiger partial charge in [0.05, 0.1) is 0 Å². The minimum absolute atomic E-state index is 0.0429. The van der Waals surface area contributed by atoms with Gasteiger partial charge in [0.1, 0.15) is 5.82 Å². The summed E-state index contributed by atoms with van der Waals surface area (Å²) in [6, 6.07) is 1.51. The minimum Gasteiger partial charge on any atom is -0.481 e. The third-order valence-electron chi connectivity index (χ3n) is 1.95. The standard InChI is InChI=1S/C10H12ClN3O3/c1-6(5-9(16)17)4-8(15)13-7-2-3-12-10(11)14-7/h2-3,6H,4-5H2,1H3,(H,16,17)(H,12,13,14,15). The molecule has 0 aliphatic heterocycles. The smallest absolute Gasteiger partial charge is 0.303 e. The van der Waals surface area contributed by atoms with Gasteiger partial charge < -0.3 is 10.4 Å². The van der Waals surface area contributed by atoms with E-state index in [2.05, 4.69) is 15.3 Å². The van der Waals surface area contributed by atoms with Crippen LogP contribution in [0, 0.1) is 5.92 Å². The molecule has 0 fully saturated rings. The highest BCUT2D eigenvalue weighted by Crippen LogP contribution is 2.10. The van der Waals surface area contributed by atoms with Crippen LogP contribution in [-0.4, -0.2) is 27.0 Å². The Bertz CT molecular complexity index is 425. The minimum atomic E-state index is -0.921. The van der Waals surface area contributed by atoms with Crippen molar-refractivity contribution in [1.29, 1.82) is 0 Å². The van der Waals surface area contributed by atoms with Crippen LogP contribution in [-0.2, 0) is 9.59 Å². The number of amides is 1. The Balaban J connectivity index is 2.47. The van der Waals surface area contributed by atoms with Gasteiger partial charge in [-0.15, -0.1) is 0 Å². The molecule has 1 amide bonds. The number of carboxylic acids is 1. The van der Waals surface area contributed by atoms with Crippen LogP contribution in [0.15, 0.2) is 12.3 Å². The van der Waals surface area contributed by atoms with Crippen LogP contribution >= 0.6 is 11.6 Å². The lowest BCUT2D eigenvalue weighted by Crippen LogP contribution is -2.17. The van der Waals surface area contributed by atoms with E-state index in [-0.39, 0.29) is 30.0 Å². The van der Waals surface area contributed by atoms with Gasteiger partial charge in [-0.05, 0) is 23.6 Å². The van der Waals surface area contributed by atoms with Crippen LogP contribution in [0.3, 0.4) is 0 Å². The van der Waals surface area contributed by atoms with Crippen LogP contribution in [0.5, 0.6) is 0 Å². The molecule has 1 heterocycles. The van der Waals surface area contributed by atoms with E-state index in [0.717, 1.165) is 0 Å².